The van der Waals surface area contributed by atoms with E-state index in [1.807, 2.05) is 0 Å². The molecule has 15 heavy (non-hydrogen) atoms. The first-order valence-electron chi connectivity index (χ1n) is 5.51. The van der Waals surface area contributed by atoms with Crippen LogP contribution in [-0.4, -0.2) is 49.9 Å². The monoisotopic (exact) mass is 214 g/mol. The van der Waals surface area contributed by atoms with Crippen LogP contribution >= 0.6 is 0 Å². The van der Waals surface area contributed by atoms with E-state index in [-0.39, 0.29) is 18.1 Å². The summed E-state index contributed by atoms with van der Waals surface area (Å²) in [6.07, 6.45) is 2.98. The van der Waals surface area contributed by atoms with Gasteiger partial charge in [0.1, 0.15) is 0 Å². The highest BCUT2D eigenvalue weighted by Gasteiger charge is 2.33. The zero-order chi connectivity index (χ0) is 10.7. The van der Waals surface area contributed by atoms with Gasteiger partial charge in [0.2, 0.25) is 0 Å². The van der Waals surface area contributed by atoms with E-state index in [2.05, 4.69) is 5.32 Å². The van der Waals surface area contributed by atoms with Crippen molar-refractivity contribution in [2.75, 3.05) is 26.8 Å². The predicted octanol–water partition coefficient (Wildman–Crippen LogP) is -0.0827. The molecule has 2 aliphatic heterocycles. The summed E-state index contributed by atoms with van der Waals surface area (Å²) < 4.78 is 5.20. The lowest BCUT2D eigenvalue weighted by Crippen LogP contribution is -2.45. The van der Waals surface area contributed by atoms with E-state index in [4.69, 9.17) is 9.57 Å². The van der Waals surface area contributed by atoms with Gasteiger partial charge in [-0.05, 0) is 19.3 Å². The molecular weight excluding hydrogens is 196 g/mol. The van der Waals surface area contributed by atoms with Crippen LogP contribution in [-0.2, 0) is 14.4 Å². The average molecular weight is 214 g/mol. The molecule has 2 aliphatic rings. The summed E-state index contributed by atoms with van der Waals surface area (Å²) >= 11 is 0. The molecule has 2 fully saturated rings. The third-order valence-electron chi connectivity index (χ3n) is 2.97. The molecular formula is C10H18N2O3. The SMILES string of the molecule is COC1CNC(C(=O)N2CCCCO2)C1. The zero-order valence-corrected chi connectivity index (χ0v) is 9.07. The van der Waals surface area contributed by atoms with Gasteiger partial charge < -0.3 is 10.1 Å². The van der Waals surface area contributed by atoms with Crippen LogP contribution in [0.25, 0.3) is 0 Å². The van der Waals surface area contributed by atoms with Crippen molar-refractivity contribution in [3.8, 4) is 0 Å². The van der Waals surface area contributed by atoms with Crippen LogP contribution in [0.15, 0.2) is 0 Å². The number of hydrogen-bond acceptors (Lipinski definition) is 4. The van der Waals surface area contributed by atoms with Gasteiger partial charge in [0.25, 0.3) is 5.91 Å². The minimum Gasteiger partial charge on any atom is -0.380 e. The minimum atomic E-state index is -0.131. The number of ether oxygens (including phenoxy) is 1. The van der Waals surface area contributed by atoms with E-state index in [0.29, 0.717) is 13.2 Å². The standard InChI is InChI=1S/C10H18N2O3/c1-14-8-6-9(11-7-8)10(13)12-4-2-3-5-15-12/h8-9,11H,2-7H2,1H3. The first-order chi connectivity index (χ1) is 7.31. The third kappa shape index (κ3) is 2.48. The van der Waals surface area contributed by atoms with Crippen molar-refractivity contribution in [3.63, 3.8) is 0 Å². The molecule has 0 aromatic heterocycles. The Bertz CT molecular complexity index is 229. The van der Waals surface area contributed by atoms with Gasteiger partial charge in [0, 0.05) is 20.2 Å². The summed E-state index contributed by atoms with van der Waals surface area (Å²) in [7, 11) is 1.68. The molecule has 2 unspecified atom stereocenters. The van der Waals surface area contributed by atoms with Crippen molar-refractivity contribution in [1.82, 2.24) is 10.4 Å². The van der Waals surface area contributed by atoms with E-state index < -0.39 is 0 Å². The highest BCUT2D eigenvalue weighted by Crippen LogP contribution is 2.14. The molecule has 2 saturated heterocycles. The second-order valence-electron chi connectivity index (χ2n) is 4.03. The first-order valence-corrected chi connectivity index (χ1v) is 5.51. The van der Waals surface area contributed by atoms with E-state index in [9.17, 15) is 4.79 Å². The van der Waals surface area contributed by atoms with Crippen molar-refractivity contribution >= 4 is 5.91 Å². The second kappa shape index (κ2) is 4.92. The molecule has 1 amide bonds. The van der Waals surface area contributed by atoms with E-state index in [1.54, 1.807) is 7.11 Å². The number of hydrogen-bond donors (Lipinski definition) is 1. The minimum absolute atomic E-state index is 0.0502. The maximum absolute atomic E-state index is 11.9. The number of nitrogens with one attached hydrogen (secondary N) is 1. The maximum atomic E-state index is 11.9. The van der Waals surface area contributed by atoms with E-state index >= 15 is 0 Å². The Balaban J connectivity index is 1.85. The van der Waals surface area contributed by atoms with Crippen LogP contribution in [0.1, 0.15) is 19.3 Å². The highest BCUT2D eigenvalue weighted by molar-refractivity contribution is 5.81. The van der Waals surface area contributed by atoms with Gasteiger partial charge in [-0.3, -0.25) is 9.63 Å². The fraction of sp³-hybridized carbons (Fsp3) is 0.900. The molecule has 5 heteroatoms. The Kier molecular flexibility index (Phi) is 3.56. The van der Waals surface area contributed by atoms with Gasteiger partial charge in [-0.15, -0.1) is 0 Å². The van der Waals surface area contributed by atoms with Gasteiger partial charge in [-0.1, -0.05) is 0 Å². The van der Waals surface area contributed by atoms with Crippen LogP contribution in [0.3, 0.4) is 0 Å². The van der Waals surface area contributed by atoms with Gasteiger partial charge in [0.05, 0.1) is 18.8 Å². The quantitative estimate of drug-likeness (QED) is 0.698. The number of rotatable bonds is 2. The molecule has 0 aromatic rings. The Morgan fingerprint density at radius 1 is 1.53 bits per heavy atom. The van der Waals surface area contributed by atoms with Crippen LogP contribution in [0.5, 0.6) is 0 Å². The van der Waals surface area contributed by atoms with Crippen molar-refractivity contribution in [3.05, 3.63) is 0 Å². The van der Waals surface area contributed by atoms with Gasteiger partial charge in [0.15, 0.2) is 0 Å². The van der Waals surface area contributed by atoms with Crippen LogP contribution in [0, 0.1) is 0 Å². The molecule has 86 valence electrons. The van der Waals surface area contributed by atoms with Crippen LogP contribution in [0.2, 0.25) is 0 Å². The van der Waals surface area contributed by atoms with Gasteiger partial charge in [-0.2, -0.15) is 0 Å². The summed E-state index contributed by atoms with van der Waals surface area (Å²) in [5.74, 6) is 0.0502. The van der Waals surface area contributed by atoms with Crippen molar-refractivity contribution in [1.29, 1.82) is 0 Å². The Labute approximate surface area is 89.7 Å². The van der Waals surface area contributed by atoms with Crippen molar-refractivity contribution < 1.29 is 14.4 Å². The first kappa shape index (κ1) is 10.9. The summed E-state index contributed by atoms with van der Waals surface area (Å²) in [6, 6.07) is -0.131. The number of methoxy groups -OCH3 is 1. The molecule has 2 rings (SSSR count). The number of nitrogens with zero attached hydrogens (tertiary/aromatic N) is 1. The average Bonchev–Trinajstić information content (AvgIpc) is 2.78. The number of carbonyl (C=O) groups is 1. The lowest BCUT2D eigenvalue weighted by atomic mass is 10.2. The lowest BCUT2D eigenvalue weighted by Gasteiger charge is -2.28. The molecule has 5 nitrogen and oxygen atoms in total. The Hall–Kier alpha value is -0.650. The van der Waals surface area contributed by atoms with Crippen molar-refractivity contribution in [2.24, 2.45) is 0 Å². The topological polar surface area (TPSA) is 50.8 Å². The molecule has 2 atom stereocenters. The summed E-state index contributed by atoms with van der Waals surface area (Å²) in [6.45, 7) is 2.13. The molecule has 0 aromatic carbocycles. The summed E-state index contributed by atoms with van der Waals surface area (Å²) in [4.78, 5) is 17.3. The number of carbonyl (C=O) groups excluding carboxylic acids is 1. The Morgan fingerprint density at radius 3 is 3.00 bits per heavy atom. The Morgan fingerprint density at radius 2 is 2.40 bits per heavy atom. The summed E-state index contributed by atoms with van der Waals surface area (Å²) in [5.41, 5.74) is 0. The number of amides is 1. The van der Waals surface area contributed by atoms with Crippen LogP contribution < -0.4 is 5.32 Å². The molecule has 0 saturated carbocycles. The zero-order valence-electron chi connectivity index (χ0n) is 9.07. The molecule has 2 heterocycles. The molecule has 0 radical (unpaired) electrons. The van der Waals surface area contributed by atoms with E-state index in [1.165, 1.54) is 5.06 Å². The molecule has 0 bridgehead atoms. The maximum Gasteiger partial charge on any atom is 0.263 e. The fourth-order valence-corrected chi connectivity index (χ4v) is 2.02. The second-order valence-corrected chi connectivity index (χ2v) is 4.03. The molecule has 1 N–H and O–H groups in total. The lowest BCUT2D eigenvalue weighted by molar-refractivity contribution is -0.198. The number of hydroxylamine groups is 2. The highest BCUT2D eigenvalue weighted by atomic mass is 16.7. The van der Waals surface area contributed by atoms with E-state index in [0.717, 1.165) is 25.8 Å². The molecule has 0 spiro atoms. The third-order valence-corrected chi connectivity index (χ3v) is 2.97. The summed E-state index contributed by atoms with van der Waals surface area (Å²) in [5, 5.41) is 4.66. The van der Waals surface area contributed by atoms with Crippen molar-refractivity contribution in [2.45, 2.75) is 31.4 Å². The van der Waals surface area contributed by atoms with Gasteiger partial charge in [-0.25, -0.2) is 5.06 Å². The normalized spacial score (nSPS) is 31.9. The smallest absolute Gasteiger partial charge is 0.263 e. The largest absolute Gasteiger partial charge is 0.380 e. The predicted molar refractivity (Wildman–Crippen MR) is 54.1 cm³/mol. The fourth-order valence-electron chi connectivity index (χ4n) is 2.02. The molecule has 0 aliphatic carbocycles. The van der Waals surface area contributed by atoms with Crippen LogP contribution in [0.4, 0.5) is 0 Å². The van der Waals surface area contributed by atoms with Gasteiger partial charge >= 0.3 is 0 Å².